The molecule has 2 aromatic rings. The lowest BCUT2D eigenvalue weighted by Crippen LogP contribution is -2.44. The van der Waals surface area contributed by atoms with Crippen molar-refractivity contribution in [2.45, 2.75) is 18.0 Å². The van der Waals surface area contributed by atoms with Gasteiger partial charge < -0.3 is 49.7 Å². The first kappa shape index (κ1) is 39.2. The van der Waals surface area contributed by atoms with E-state index >= 15 is 0 Å². The fourth-order valence-corrected chi connectivity index (χ4v) is 4.69. The van der Waals surface area contributed by atoms with Gasteiger partial charge in [-0.25, -0.2) is 19.0 Å². The van der Waals surface area contributed by atoms with E-state index in [1.165, 1.54) is 30.3 Å². The van der Waals surface area contributed by atoms with Crippen molar-refractivity contribution < 1.29 is 67.2 Å². The molecule has 0 bridgehead atoms. The lowest BCUT2D eigenvalue weighted by atomic mass is 10.0. The van der Waals surface area contributed by atoms with Gasteiger partial charge in [-0.3, -0.25) is 24.2 Å². The van der Waals surface area contributed by atoms with Crippen molar-refractivity contribution in [3.63, 3.8) is 0 Å². The fraction of sp³-hybridized carbons (Fsp3) is 0.357. The van der Waals surface area contributed by atoms with E-state index in [2.05, 4.69) is 10.8 Å². The van der Waals surface area contributed by atoms with Gasteiger partial charge in [0.15, 0.2) is 0 Å². The summed E-state index contributed by atoms with van der Waals surface area (Å²) in [6.07, 6.45) is 0. The Hall–Kier alpha value is -4.99. The molecule has 0 saturated carbocycles. The minimum atomic E-state index is -3.91. The van der Waals surface area contributed by atoms with Crippen LogP contribution < -0.4 is 36.4 Å². The molecule has 19 nitrogen and oxygen atoms in total. The van der Waals surface area contributed by atoms with Crippen LogP contribution in [-0.4, -0.2) is 106 Å². The molecule has 0 aromatic heterocycles. The first-order chi connectivity index (χ1) is 22.5. The molecule has 0 saturated heterocycles. The molecule has 0 heterocycles. The van der Waals surface area contributed by atoms with Crippen LogP contribution >= 0.6 is 0 Å². The zero-order chi connectivity index (χ0) is 35.9. The predicted octanol–water partition coefficient (Wildman–Crippen LogP) is -6.95. The van der Waals surface area contributed by atoms with E-state index in [1.807, 2.05) is 0 Å². The summed E-state index contributed by atoms with van der Waals surface area (Å²) in [5.74, 6) is -7.63. The summed E-state index contributed by atoms with van der Waals surface area (Å²) in [6.45, 7) is -3.93. The van der Waals surface area contributed by atoms with Crippen LogP contribution in [0.2, 0.25) is 0 Å². The lowest BCUT2D eigenvalue weighted by Gasteiger charge is -2.25. The molecule has 0 fully saturated rings. The Morgan fingerprint density at radius 1 is 0.667 bits per heavy atom. The number of carboxylic acids is 4. The second kappa shape index (κ2) is 19.0. The lowest BCUT2D eigenvalue weighted by molar-refractivity contribution is -0.313. The normalized spacial score (nSPS) is 11.3. The first-order valence-electron chi connectivity index (χ1n) is 13.8. The van der Waals surface area contributed by atoms with Crippen molar-refractivity contribution in [2.24, 2.45) is 5.14 Å². The van der Waals surface area contributed by atoms with E-state index < -0.39 is 71.9 Å². The second-order valence-corrected chi connectivity index (χ2v) is 11.6. The molecule has 0 unspecified atom stereocenters. The molecule has 0 aliphatic heterocycles. The third kappa shape index (κ3) is 15.1. The maximum atomic E-state index is 12.9. The van der Waals surface area contributed by atoms with Gasteiger partial charge in [-0.05, 0) is 47.5 Å². The van der Waals surface area contributed by atoms with Crippen molar-refractivity contribution in [1.29, 1.82) is 0 Å². The van der Waals surface area contributed by atoms with Crippen LogP contribution in [0.1, 0.15) is 31.8 Å². The van der Waals surface area contributed by atoms with E-state index in [4.69, 9.17) is 14.7 Å². The number of hydrogen-bond acceptors (Lipinski definition) is 16. The number of rotatable bonds is 22. The number of amides is 2. The van der Waals surface area contributed by atoms with Gasteiger partial charge in [-0.15, -0.1) is 0 Å². The molecule has 0 spiro atoms. The van der Waals surface area contributed by atoms with Crippen molar-refractivity contribution in [2.75, 3.05) is 52.5 Å². The molecular weight excluding hydrogens is 662 g/mol. The summed E-state index contributed by atoms with van der Waals surface area (Å²) >= 11 is 0. The molecule has 0 atom stereocenters. The Bertz CT molecular complexity index is 1500. The molecule has 0 aliphatic carbocycles. The Kier molecular flexibility index (Phi) is 15.5. The number of ether oxygens (including phenoxy) is 1. The van der Waals surface area contributed by atoms with Gasteiger partial charge in [-0.2, -0.15) is 0 Å². The smallest absolute Gasteiger partial charge is 0.274 e. The second-order valence-electron chi connectivity index (χ2n) is 10.0. The number of carbonyl (C=O) groups is 6. The highest BCUT2D eigenvalue weighted by molar-refractivity contribution is 7.89. The summed E-state index contributed by atoms with van der Waals surface area (Å²) in [5, 5.41) is 52.0. The van der Waals surface area contributed by atoms with Crippen molar-refractivity contribution in [1.82, 2.24) is 20.6 Å². The van der Waals surface area contributed by atoms with Gasteiger partial charge in [0, 0.05) is 56.9 Å². The molecule has 2 rings (SSSR count). The Balaban J connectivity index is 1.98. The third-order valence-electron chi connectivity index (χ3n) is 6.01. The maximum Gasteiger partial charge on any atom is 0.274 e. The van der Waals surface area contributed by atoms with Crippen molar-refractivity contribution >= 4 is 45.7 Å². The highest BCUT2D eigenvalue weighted by Crippen LogP contribution is 2.15. The summed E-state index contributed by atoms with van der Waals surface area (Å²) < 4.78 is 27.9. The molecular formula is C28H31N5O14S-4. The quantitative estimate of drug-likeness (QED) is 0.0762. The largest absolute Gasteiger partial charge is 0.549 e. The van der Waals surface area contributed by atoms with E-state index in [9.17, 15) is 57.6 Å². The highest BCUT2D eigenvalue weighted by Gasteiger charge is 2.15. The number of aliphatic carboxylic acids is 4. The zero-order valence-electron chi connectivity index (χ0n) is 25.2. The van der Waals surface area contributed by atoms with Gasteiger partial charge in [0.05, 0.1) is 48.6 Å². The van der Waals surface area contributed by atoms with Crippen LogP contribution in [-0.2, 0) is 51.9 Å². The molecule has 0 aliphatic rings. The molecule has 262 valence electrons. The molecule has 20 heteroatoms. The molecule has 4 N–H and O–H groups in total. The molecule has 0 radical (unpaired) electrons. The number of nitrogens with two attached hydrogens (primary N) is 1. The predicted molar refractivity (Wildman–Crippen MR) is 151 cm³/mol. The standard InChI is InChI=1S/C28H35N5O14S/c29-48(44,45)22-3-1-20(2-4-22)28(43)31-47-8-7-46-6-5-30-27(42)21-10-18(12-32(14-23(34)35)15-24(36)37)9-19(11-21)13-33(16-25(38)39)17-26(40)41/h1-4,9-11H,5-8,12-17H2,(H,30,42)(H,31,43)(H,34,35)(H,36,37)(H,38,39)(H,40,41)(H2,29,44,45)/p-4. The third-order valence-corrected chi connectivity index (χ3v) is 6.94. The van der Waals surface area contributed by atoms with Crippen LogP contribution in [0.25, 0.3) is 0 Å². The van der Waals surface area contributed by atoms with Gasteiger partial charge in [0.2, 0.25) is 10.0 Å². The van der Waals surface area contributed by atoms with E-state index in [0.717, 1.165) is 21.9 Å². The Morgan fingerprint density at radius 3 is 1.58 bits per heavy atom. The summed E-state index contributed by atoms with van der Waals surface area (Å²) in [5.41, 5.74) is 2.71. The number of nitrogens with one attached hydrogen (secondary N) is 2. The first-order valence-corrected chi connectivity index (χ1v) is 15.4. The number of benzene rings is 2. The maximum absolute atomic E-state index is 12.9. The minimum Gasteiger partial charge on any atom is -0.549 e. The van der Waals surface area contributed by atoms with Gasteiger partial charge in [-0.1, -0.05) is 6.07 Å². The van der Waals surface area contributed by atoms with Crippen LogP contribution in [0.15, 0.2) is 47.4 Å². The van der Waals surface area contributed by atoms with Gasteiger partial charge >= 0.3 is 0 Å². The van der Waals surface area contributed by atoms with Crippen LogP contribution in [0.3, 0.4) is 0 Å². The van der Waals surface area contributed by atoms with Gasteiger partial charge in [0.25, 0.3) is 11.8 Å². The minimum absolute atomic E-state index is 0.00524. The number of nitrogens with zero attached hydrogens (tertiary/aromatic N) is 2. The number of hydroxylamine groups is 1. The molecule has 48 heavy (non-hydrogen) atoms. The average molecular weight is 694 g/mol. The molecule has 2 amide bonds. The van der Waals surface area contributed by atoms with E-state index in [1.54, 1.807) is 0 Å². The number of sulfonamides is 1. The monoisotopic (exact) mass is 693 g/mol. The number of hydrogen-bond donors (Lipinski definition) is 3. The number of carboxylic acid groups (broad SMARTS) is 4. The average Bonchev–Trinajstić information content (AvgIpc) is 2.96. The summed E-state index contributed by atoms with van der Waals surface area (Å²) in [4.78, 5) is 76.2. The number of primary sulfonamides is 1. The highest BCUT2D eigenvalue weighted by atomic mass is 32.2. The van der Waals surface area contributed by atoms with Crippen LogP contribution in [0.4, 0.5) is 0 Å². The summed E-state index contributed by atoms with van der Waals surface area (Å²) in [6, 6.07) is 8.87. The topological polar surface area (TPSA) is 304 Å². The van der Waals surface area contributed by atoms with Crippen LogP contribution in [0, 0.1) is 0 Å². The van der Waals surface area contributed by atoms with Crippen LogP contribution in [0.5, 0.6) is 0 Å². The number of carbonyl (C=O) groups excluding carboxylic acids is 6. The van der Waals surface area contributed by atoms with E-state index in [0.29, 0.717) is 0 Å². The van der Waals surface area contributed by atoms with Gasteiger partial charge in [0.1, 0.15) is 0 Å². The van der Waals surface area contributed by atoms with E-state index in [-0.39, 0.29) is 66.6 Å². The fourth-order valence-electron chi connectivity index (χ4n) is 4.17. The Labute approximate surface area is 273 Å². The van der Waals surface area contributed by atoms with Crippen molar-refractivity contribution in [3.8, 4) is 0 Å². The molecule has 2 aromatic carbocycles. The SMILES string of the molecule is NS(=O)(=O)c1ccc(C(=O)NOCCOCCNC(=O)c2cc(CN(CC(=O)[O-])CC(=O)[O-])cc(CN(CC(=O)[O-])CC(=O)[O-])c2)cc1. The van der Waals surface area contributed by atoms with Crippen molar-refractivity contribution in [3.05, 3.63) is 64.7 Å². The zero-order valence-corrected chi connectivity index (χ0v) is 26.0. The Morgan fingerprint density at radius 2 is 1.15 bits per heavy atom. The summed E-state index contributed by atoms with van der Waals surface area (Å²) in [7, 11) is -3.91.